The lowest BCUT2D eigenvalue weighted by Crippen LogP contribution is -2.45. The first-order valence-electron chi connectivity index (χ1n) is 7.33. The monoisotopic (exact) mass is 314 g/mol. The van der Waals surface area contributed by atoms with Gasteiger partial charge in [0.2, 0.25) is 17.7 Å². The summed E-state index contributed by atoms with van der Waals surface area (Å²) in [4.78, 5) is 49.8. The zero-order chi connectivity index (χ0) is 16.3. The second-order valence-electron chi connectivity index (χ2n) is 5.80. The minimum Gasteiger partial charge on any atom is -0.312 e. The van der Waals surface area contributed by atoms with E-state index in [9.17, 15) is 19.2 Å². The van der Waals surface area contributed by atoms with Gasteiger partial charge >= 0.3 is 5.69 Å². The maximum absolute atomic E-state index is 12.8. The van der Waals surface area contributed by atoms with E-state index in [1.165, 1.54) is 14.0 Å². The molecule has 2 aromatic rings. The van der Waals surface area contributed by atoms with Gasteiger partial charge in [-0.3, -0.25) is 28.8 Å². The number of imidazole rings is 1. The highest BCUT2D eigenvalue weighted by atomic mass is 16.2. The number of piperidine rings is 1. The number of imide groups is 1. The number of aromatic nitrogens is 2. The molecule has 2 aliphatic heterocycles. The molecule has 23 heavy (non-hydrogen) atoms. The Morgan fingerprint density at radius 2 is 1.96 bits per heavy atom. The quantitative estimate of drug-likeness (QED) is 0.735. The van der Waals surface area contributed by atoms with Crippen LogP contribution in [-0.2, 0) is 20.9 Å². The minimum absolute atomic E-state index is 0.0525. The lowest BCUT2D eigenvalue weighted by Gasteiger charge is -2.23. The fourth-order valence-corrected chi connectivity index (χ4v) is 3.34. The SMILES string of the molecule is CN1C(=O)Cn2c(=O)n([C@@H]3CCC(=O)NC3=O)c3cccc1c32. The molecular formula is C15H14N4O4. The van der Waals surface area contributed by atoms with Crippen LogP contribution in [0.3, 0.4) is 0 Å². The lowest BCUT2D eigenvalue weighted by atomic mass is 10.1. The number of nitrogens with one attached hydrogen (secondary N) is 1. The molecule has 0 aliphatic carbocycles. The van der Waals surface area contributed by atoms with Gasteiger partial charge in [0.1, 0.15) is 12.6 Å². The molecule has 1 atom stereocenters. The van der Waals surface area contributed by atoms with E-state index >= 15 is 0 Å². The summed E-state index contributed by atoms with van der Waals surface area (Å²) in [6.45, 7) is -0.0525. The number of likely N-dealkylation sites (N-methyl/N-ethyl adjacent to an activating group) is 1. The van der Waals surface area contributed by atoms with Crippen LogP contribution in [0, 0.1) is 0 Å². The fourth-order valence-electron chi connectivity index (χ4n) is 3.34. The fraction of sp³-hybridized carbons (Fsp3) is 0.333. The number of carbonyl (C=O) groups excluding carboxylic acids is 3. The molecule has 1 N–H and O–H groups in total. The number of benzene rings is 1. The van der Waals surface area contributed by atoms with Gasteiger partial charge in [-0.25, -0.2) is 4.79 Å². The summed E-state index contributed by atoms with van der Waals surface area (Å²) < 4.78 is 2.80. The van der Waals surface area contributed by atoms with Crippen molar-refractivity contribution in [2.45, 2.75) is 25.4 Å². The topological polar surface area (TPSA) is 93.4 Å². The first-order valence-corrected chi connectivity index (χ1v) is 7.33. The van der Waals surface area contributed by atoms with Crippen molar-refractivity contribution in [1.29, 1.82) is 0 Å². The molecule has 1 aromatic heterocycles. The maximum atomic E-state index is 12.8. The van der Waals surface area contributed by atoms with Gasteiger partial charge in [-0.2, -0.15) is 0 Å². The van der Waals surface area contributed by atoms with E-state index in [4.69, 9.17) is 0 Å². The molecule has 2 aliphatic rings. The van der Waals surface area contributed by atoms with Gasteiger partial charge in [0.05, 0.1) is 16.7 Å². The molecule has 0 unspecified atom stereocenters. The van der Waals surface area contributed by atoms with Gasteiger partial charge in [-0.05, 0) is 18.6 Å². The van der Waals surface area contributed by atoms with E-state index in [1.807, 2.05) is 0 Å². The summed E-state index contributed by atoms with van der Waals surface area (Å²) in [7, 11) is 1.66. The zero-order valence-corrected chi connectivity index (χ0v) is 12.4. The minimum atomic E-state index is -0.738. The van der Waals surface area contributed by atoms with Crippen LogP contribution in [0.25, 0.3) is 11.0 Å². The number of carbonyl (C=O) groups is 3. The first kappa shape index (κ1) is 13.7. The molecule has 0 radical (unpaired) electrons. The summed E-state index contributed by atoms with van der Waals surface area (Å²) in [5.41, 5.74) is 1.48. The Balaban J connectivity index is 1.99. The Morgan fingerprint density at radius 3 is 2.70 bits per heavy atom. The highest BCUT2D eigenvalue weighted by Gasteiger charge is 2.34. The van der Waals surface area contributed by atoms with E-state index in [-0.39, 0.29) is 31.2 Å². The maximum Gasteiger partial charge on any atom is 0.330 e. The Morgan fingerprint density at radius 1 is 1.17 bits per heavy atom. The van der Waals surface area contributed by atoms with Crippen molar-refractivity contribution in [2.24, 2.45) is 0 Å². The van der Waals surface area contributed by atoms with E-state index < -0.39 is 17.6 Å². The number of anilines is 1. The summed E-state index contributed by atoms with van der Waals surface area (Å²) >= 11 is 0. The van der Waals surface area contributed by atoms with Crippen LogP contribution in [0.5, 0.6) is 0 Å². The summed E-state index contributed by atoms with van der Waals surface area (Å²) in [6.07, 6.45) is 0.464. The van der Waals surface area contributed by atoms with Crippen LogP contribution in [-0.4, -0.2) is 33.9 Å². The number of para-hydroxylation sites is 1. The van der Waals surface area contributed by atoms with Gasteiger partial charge in [0.25, 0.3) is 0 Å². The average molecular weight is 314 g/mol. The molecule has 3 amide bonds. The predicted molar refractivity (Wildman–Crippen MR) is 81.0 cm³/mol. The van der Waals surface area contributed by atoms with Crippen LogP contribution in [0.4, 0.5) is 5.69 Å². The molecule has 8 nitrogen and oxygen atoms in total. The third kappa shape index (κ3) is 1.77. The number of rotatable bonds is 1. The highest BCUT2D eigenvalue weighted by Crippen LogP contribution is 2.31. The highest BCUT2D eigenvalue weighted by molar-refractivity contribution is 6.05. The summed E-state index contributed by atoms with van der Waals surface area (Å²) in [6, 6.07) is 4.53. The number of hydrogen-bond acceptors (Lipinski definition) is 4. The molecule has 8 heteroatoms. The number of hydrogen-bond donors (Lipinski definition) is 1. The normalized spacial score (nSPS) is 21.0. The molecule has 0 bridgehead atoms. The Labute approximate surface area is 130 Å². The number of nitrogens with zero attached hydrogens (tertiary/aromatic N) is 3. The summed E-state index contributed by atoms with van der Waals surface area (Å²) in [5, 5.41) is 2.27. The zero-order valence-electron chi connectivity index (χ0n) is 12.4. The van der Waals surface area contributed by atoms with Crippen LogP contribution in [0.2, 0.25) is 0 Å². The average Bonchev–Trinajstić information content (AvgIpc) is 2.79. The van der Waals surface area contributed by atoms with Crippen LogP contribution in [0.1, 0.15) is 18.9 Å². The third-order valence-corrected chi connectivity index (χ3v) is 4.51. The van der Waals surface area contributed by atoms with Gasteiger partial charge in [0.15, 0.2) is 0 Å². The van der Waals surface area contributed by atoms with Crippen molar-refractivity contribution in [3.8, 4) is 0 Å². The molecular weight excluding hydrogens is 300 g/mol. The Hall–Kier alpha value is -2.90. The largest absolute Gasteiger partial charge is 0.330 e. The molecule has 3 heterocycles. The van der Waals surface area contributed by atoms with Crippen molar-refractivity contribution in [1.82, 2.24) is 14.5 Å². The van der Waals surface area contributed by atoms with Crippen molar-refractivity contribution < 1.29 is 14.4 Å². The van der Waals surface area contributed by atoms with Crippen LogP contribution in [0.15, 0.2) is 23.0 Å². The molecule has 4 rings (SSSR count). The van der Waals surface area contributed by atoms with Gasteiger partial charge < -0.3 is 4.90 Å². The van der Waals surface area contributed by atoms with Crippen LogP contribution >= 0.6 is 0 Å². The second-order valence-corrected chi connectivity index (χ2v) is 5.80. The molecule has 0 saturated carbocycles. The standard InChI is InChI=1S/C15H14N4O4/c1-17-8-3-2-4-9-13(8)18(7-12(17)21)15(23)19(9)10-5-6-11(20)16-14(10)22/h2-4,10H,5-7H2,1H3,(H,16,20,22)/t10-/m1/s1. The van der Waals surface area contributed by atoms with E-state index in [2.05, 4.69) is 5.32 Å². The second kappa shape index (κ2) is 4.55. The molecule has 0 spiro atoms. The van der Waals surface area contributed by atoms with E-state index in [0.29, 0.717) is 16.7 Å². The van der Waals surface area contributed by atoms with E-state index in [0.717, 1.165) is 0 Å². The Kier molecular flexibility index (Phi) is 2.72. The first-order chi connectivity index (χ1) is 11.0. The number of amides is 3. The van der Waals surface area contributed by atoms with Crippen molar-refractivity contribution in [2.75, 3.05) is 11.9 Å². The summed E-state index contributed by atoms with van der Waals surface area (Å²) in [5.74, 6) is -0.997. The smallest absolute Gasteiger partial charge is 0.312 e. The van der Waals surface area contributed by atoms with Crippen molar-refractivity contribution in [3.63, 3.8) is 0 Å². The van der Waals surface area contributed by atoms with Gasteiger partial charge in [-0.1, -0.05) is 6.07 Å². The van der Waals surface area contributed by atoms with Gasteiger partial charge in [0, 0.05) is 13.5 Å². The van der Waals surface area contributed by atoms with E-state index in [1.54, 1.807) is 25.2 Å². The predicted octanol–water partition coefficient (Wildman–Crippen LogP) is -0.243. The molecule has 1 saturated heterocycles. The van der Waals surface area contributed by atoms with Crippen LogP contribution < -0.4 is 15.9 Å². The lowest BCUT2D eigenvalue weighted by molar-refractivity contribution is -0.135. The van der Waals surface area contributed by atoms with Crippen molar-refractivity contribution in [3.05, 3.63) is 28.7 Å². The molecule has 1 fully saturated rings. The Bertz CT molecular complexity index is 939. The van der Waals surface area contributed by atoms with Crippen molar-refractivity contribution >= 4 is 34.4 Å². The molecule has 118 valence electrons. The molecule has 1 aromatic carbocycles. The van der Waals surface area contributed by atoms with Gasteiger partial charge in [-0.15, -0.1) is 0 Å². The third-order valence-electron chi connectivity index (χ3n) is 4.51.